The Labute approximate surface area is 157 Å². The molecule has 7 heteroatoms. The van der Waals surface area contributed by atoms with Crippen LogP contribution in [-0.2, 0) is 17.8 Å². The van der Waals surface area contributed by atoms with Crippen molar-refractivity contribution in [1.82, 2.24) is 4.57 Å². The van der Waals surface area contributed by atoms with Gasteiger partial charge in [0.05, 0.1) is 12.2 Å². The summed E-state index contributed by atoms with van der Waals surface area (Å²) < 4.78 is 6.05. The van der Waals surface area contributed by atoms with Crippen LogP contribution in [0.4, 0.5) is 5.69 Å². The molecule has 27 heavy (non-hydrogen) atoms. The Morgan fingerprint density at radius 3 is 2.63 bits per heavy atom. The molecule has 0 aliphatic heterocycles. The number of carbonyl (C=O) groups is 1. The van der Waals surface area contributed by atoms with E-state index >= 15 is 0 Å². The molecule has 1 aromatic carbocycles. The number of carbonyl (C=O) groups excluding carboxylic acids is 1. The zero-order valence-corrected chi connectivity index (χ0v) is 15.3. The number of ether oxygens (including phenoxy) is 1. The molecule has 0 unspecified atom stereocenters. The summed E-state index contributed by atoms with van der Waals surface area (Å²) in [5.41, 5.74) is 1.46. The van der Waals surface area contributed by atoms with Gasteiger partial charge in [-0.05, 0) is 43.7 Å². The second-order valence-electron chi connectivity index (χ2n) is 5.77. The standard InChI is InChI=1S/C20H21N3O4/c1-4-10-23-18(24)16(11-21)13(3)17(19(23)25)12-22-15-8-6-14(7-9-15)20(26)27-5-2/h4,6-9,22,25H,1,5,10,12H2,2-3H3. The molecular formula is C20H21N3O4. The van der Waals surface area contributed by atoms with E-state index < -0.39 is 11.5 Å². The number of pyridine rings is 1. The molecule has 0 radical (unpaired) electrons. The van der Waals surface area contributed by atoms with Gasteiger partial charge in [0.15, 0.2) is 5.88 Å². The van der Waals surface area contributed by atoms with Gasteiger partial charge >= 0.3 is 5.97 Å². The van der Waals surface area contributed by atoms with E-state index in [2.05, 4.69) is 11.9 Å². The first kappa shape index (κ1) is 19.8. The van der Waals surface area contributed by atoms with Crippen molar-refractivity contribution in [2.75, 3.05) is 11.9 Å². The number of nitrogens with one attached hydrogen (secondary N) is 1. The summed E-state index contributed by atoms with van der Waals surface area (Å²) in [6, 6.07) is 8.59. The molecule has 0 saturated heterocycles. The summed E-state index contributed by atoms with van der Waals surface area (Å²) in [6.45, 7) is 7.53. The predicted molar refractivity (Wildman–Crippen MR) is 102 cm³/mol. The highest BCUT2D eigenvalue weighted by Gasteiger charge is 2.18. The number of nitrogens with zero attached hydrogens (tertiary/aromatic N) is 2. The van der Waals surface area contributed by atoms with Gasteiger partial charge in [0.1, 0.15) is 11.6 Å². The minimum atomic E-state index is -0.546. The molecule has 0 saturated carbocycles. The fourth-order valence-corrected chi connectivity index (χ4v) is 2.64. The number of esters is 1. The molecule has 1 aromatic heterocycles. The minimum Gasteiger partial charge on any atom is -0.494 e. The lowest BCUT2D eigenvalue weighted by Gasteiger charge is -2.16. The highest BCUT2D eigenvalue weighted by Crippen LogP contribution is 2.23. The molecular weight excluding hydrogens is 346 g/mol. The van der Waals surface area contributed by atoms with Crippen molar-refractivity contribution in [2.45, 2.75) is 26.9 Å². The van der Waals surface area contributed by atoms with Crippen molar-refractivity contribution in [3.63, 3.8) is 0 Å². The molecule has 2 aromatic rings. The van der Waals surface area contributed by atoms with Crippen LogP contribution in [0.2, 0.25) is 0 Å². The van der Waals surface area contributed by atoms with Gasteiger partial charge in [-0.25, -0.2) is 4.79 Å². The van der Waals surface area contributed by atoms with Gasteiger partial charge in [0.2, 0.25) is 0 Å². The van der Waals surface area contributed by atoms with Crippen molar-refractivity contribution in [1.29, 1.82) is 5.26 Å². The van der Waals surface area contributed by atoms with E-state index in [0.717, 1.165) is 4.57 Å². The Morgan fingerprint density at radius 1 is 1.41 bits per heavy atom. The SMILES string of the molecule is C=CCn1c(O)c(CNc2ccc(C(=O)OCC)cc2)c(C)c(C#N)c1=O. The number of allylic oxidation sites excluding steroid dienone is 1. The fraction of sp³-hybridized carbons (Fsp3) is 0.250. The summed E-state index contributed by atoms with van der Waals surface area (Å²) in [6.07, 6.45) is 1.48. The van der Waals surface area contributed by atoms with Gasteiger partial charge < -0.3 is 15.2 Å². The number of aromatic hydroxyl groups is 1. The van der Waals surface area contributed by atoms with Gasteiger partial charge in [-0.15, -0.1) is 6.58 Å². The quantitative estimate of drug-likeness (QED) is 0.576. The average Bonchev–Trinajstić information content (AvgIpc) is 2.66. The predicted octanol–water partition coefficient (Wildman–Crippen LogP) is 2.71. The average molecular weight is 367 g/mol. The van der Waals surface area contributed by atoms with E-state index in [0.29, 0.717) is 29.0 Å². The molecule has 2 rings (SSSR count). The zero-order chi connectivity index (χ0) is 20.0. The molecule has 0 spiro atoms. The number of nitriles is 1. The van der Waals surface area contributed by atoms with Crippen molar-refractivity contribution in [2.24, 2.45) is 0 Å². The van der Waals surface area contributed by atoms with E-state index in [1.165, 1.54) is 6.08 Å². The first-order valence-corrected chi connectivity index (χ1v) is 8.41. The molecule has 0 amide bonds. The van der Waals surface area contributed by atoms with E-state index in [4.69, 9.17) is 4.74 Å². The first-order valence-electron chi connectivity index (χ1n) is 8.41. The van der Waals surface area contributed by atoms with Crippen molar-refractivity contribution in [3.8, 4) is 11.9 Å². The molecule has 0 bridgehead atoms. The number of aromatic nitrogens is 1. The lowest BCUT2D eigenvalue weighted by atomic mass is 10.0. The third kappa shape index (κ3) is 4.18. The minimum absolute atomic E-state index is 0.0101. The van der Waals surface area contributed by atoms with Crippen LogP contribution < -0.4 is 10.9 Å². The lowest BCUT2D eigenvalue weighted by Crippen LogP contribution is -2.25. The zero-order valence-electron chi connectivity index (χ0n) is 15.3. The highest BCUT2D eigenvalue weighted by atomic mass is 16.5. The summed E-state index contributed by atoms with van der Waals surface area (Å²) in [7, 11) is 0. The smallest absolute Gasteiger partial charge is 0.338 e. The van der Waals surface area contributed by atoms with Crippen molar-refractivity contribution in [3.05, 3.63) is 69.5 Å². The summed E-state index contributed by atoms with van der Waals surface area (Å²) in [5.74, 6) is -0.597. The molecule has 7 nitrogen and oxygen atoms in total. The molecule has 0 aliphatic rings. The normalized spacial score (nSPS) is 10.1. The van der Waals surface area contributed by atoms with E-state index in [1.54, 1.807) is 38.1 Å². The summed E-state index contributed by atoms with van der Waals surface area (Å²) >= 11 is 0. The van der Waals surface area contributed by atoms with Gasteiger partial charge in [-0.2, -0.15) is 5.26 Å². The van der Waals surface area contributed by atoms with Gasteiger partial charge in [-0.1, -0.05) is 6.08 Å². The third-order valence-electron chi connectivity index (χ3n) is 4.10. The largest absolute Gasteiger partial charge is 0.494 e. The summed E-state index contributed by atoms with van der Waals surface area (Å²) in [5, 5.41) is 22.9. The van der Waals surface area contributed by atoms with Crippen LogP contribution in [0.3, 0.4) is 0 Å². The maximum atomic E-state index is 12.3. The Kier molecular flexibility index (Phi) is 6.39. The second-order valence-corrected chi connectivity index (χ2v) is 5.77. The number of hydrogen-bond donors (Lipinski definition) is 2. The van der Waals surface area contributed by atoms with E-state index in [-0.39, 0.29) is 24.5 Å². The molecule has 140 valence electrons. The van der Waals surface area contributed by atoms with Crippen LogP contribution >= 0.6 is 0 Å². The maximum absolute atomic E-state index is 12.3. The second kappa shape index (κ2) is 8.72. The van der Waals surface area contributed by atoms with Crippen LogP contribution in [-0.4, -0.2) is 22.2 Å². The van der Waals surface area contributed by atoms with Gasteiger partial charge in [-0.3, -0.25) is 9.36 Å². The van der Waals surface area contributed by atoms with Crippen LogP contribution in [0.25, 0.3) is 0 Å². The monoisotopic (exact) mass is 367 g/mol. The van der Waals surface area contributed by atoms with Gasteiger partial charge in [0.25, 0.3) is 5.56 Å². The van der Waals surface area contributed by atoms with Crippen LogP contribution in [0.5, 0.6) is 5.88 Å². The van der Waals surface area contributed by atoms with Crippen LogP contribution in [0.1, 0.15) is 34.0 Å². The molecule has 0 atom stereocenters. The number of benzene rings is 1. The molecule has 0 fully saturated rings. The van der Waals surface area contributed by atoms with E-state index in [1.807, 2.05) is 6.07 Å². The van der Waals surface area contributed by atoms with Crippen LogP contribution in [0, 0.1) is 18.3 Å². The Balaban J connectivity index is 2.29. The Hall–Kier alpha value is -3.53. The number of hydrogen-bond acceptors (Lipinski definition) is 6. The lowest BCUT2D eigenvalue weighted by molar-refractivity contribution is 0.0526. The first-order chi connectivity index (χ1) is 12.9. The highest BCUT2D eigenvalue weighted by molar-refractivity contribution is 5.89. The maximum Gasteiger partial charge on any atom is 0.338 e. The topological polar surface area (TPSA) is 104 Å². The summed E-state index contributed by atoms with van der Waals surface area (Å²) in [4.78, 5) is 24.0. The van der Waals surface area contributed by atoms with Crippen molar-refractivity contribution < 1.29 is 14.6 Å². The molecule has 2 N–H and O–H groups in total. The van der Waals surface area contributed by atoms with Gasteiger partial charge in [0, 0.05) is 24.3 Å². The Bertz CT molecular complexity index is 953. The molecule has 1 heterocycles. The molecule has 0 aliphatic carbocycles. The Morgan fingerprint density at radius 2 is 2.07 bits per heavy atom. The van der Waals surface area contributed by atoms with Crippen LogP contribution in [0.15, 0.2) is 41.7 Å². The number of anilines is 1. The third-order valence-corrected chi connectivity index (χ3v) is 4.10. The fourth-order valence-electron chi connectivity index (χ4n) is 2.64. The van der Waals surface area contributed by atoms with Crippen molar-refractivity contribution >= 4 is 11.7 Å². The number of rotatable bonds is 7. The van der Waals surface area contributed by atoms with E-state index in [9.17, 15) is 20.0 Å².